The summed E-state index contributed by atoms with van der Waals surface area (Å²) in [6.07, 6.45) is 5.12. The lowest BCUT2D eigenvalue weighted by molar-refractivity contribution is 0.102. The van der Waals surface area contributed by atoms with E-state index in [1.165, 1.54) is 31.2 Å². The number of carbonyl (C=O) groups excluding carboxylic acids is 1. The van der Waals surface area contributed by atoms with Gasteiger partial charge in [-0.2, -0.15) is 5.10 Å². The molecule has 0 amide bonds. The molecule has 1 aliphatic carbocycles. The van der Waals surface area contributed by atoms with Gasteiger partial charge in [-0.1, -0.05) is 24.6 Å². The van der Waals surface area contributed by atoms with E-state index < -0.39 is 0 Å². The third-order valence-electron chi connectivity index (χ3n) is 3.36. The first-order chi connectivity index (χ1) is 8.34. The second-order valence-corrected chi connectivity index (χ2v) is 4.42. The summed E-state index contributed by atoms with van der Waals surface area (Å²) in [7, 11) is 0. The second kappa shape index (κ2) is 4.13. The lowest BCUT2D eigenvalue weighted by Gasteiger charge is -2.25. The number of aromatic nitrogens is 3. The zero-order valence-electron chi connectivity index (χ0n) is 9.39. The molecule has 3 rings (SSSR count). The van der Waals surface area contributed by atoms with Crippen LogP contribution in [-0.4, -0.2) is 21.0 Å². The van der Waals surface area contributed by atoms with E-state index in [-0.39, 0.29) is 5.78 Å². The molecule has 1 saturated carbocycles. The molecule has 1 aliphatic rings. The minimum Gasteiger partial charge on any atom is -0.285 e. The maximum absolute atomic E-state index is 12.1. The summed E-state index contributed by atoms with van der Waals surface area (Å²) < 4.78 is 0. The molecule has 86 valence electrons. The molecule has 1 aromatic heterocycles. The number of carbonyl (C=O) groups is 1. The predicted molar refractivity (Wildman–Crippen MR) is 62.8 cm³/mol. The van der Waals surface area contributed by atoms with Crippen molar-refractivity contribution in [2.45, 2.75) is 25.2 Å². The Morgan fingerprint density at radius 3 is 2.88 bits per heavy atom. The molecule has 4 heteroatoms. The summed E-state index contributed by atoms with van der Waals surface area (Å²) >= 11 is 0. The van der Waals surface area contributed by atoms with Gasteiger partial charge in [0.2, 0.25) is 5.78 Å². The Kier molecular flexibility index (Phi) is 2.48. The summed E-state index contributed by atoms with van der Waals surface area (Å²) in [5, 5.41) is 6.30. The minimum absolute atomic E-state index is 0.0938. The Balaban J connectivity index is 1.90. The quantitative estimate of drug-likeness (QED) is 0.818. The smallest absolute Gasteiger partial charge is 0.229 e. The molecule has 1 fully saturated rings. The van der Waals surface area contributed by atoms with Crippen LogP contribution >= 0.6 is 0 Å². The Bertz CT molecular complexity index is 529. The summed E-state index contributed by atoms with van der Waals surface area (Å²) in [4.78, 5) is 15.9. The number of H-pyrrole nitrogens is 1. The molecule has 0 bridgehead atoms. The molecule has 4 nitrogen and oxygen atoms in total. The van der Waals surface area contributed by atoms with Crippen molar-refractivity contribution < 1.29 is 4.79 Å². The number of benzene rings is 1. The fourth-order valence-corrected chi connectivity index (χ4v) is 2.13. The number of nitrogens with one attached hydrogen (secondary N) is 1. The highest BCUT2D eigenvalue weighted by molar-refractivity contribution is 6.06. The Labute approximate surface area is 99.1 Å². The van der Waals surface area contributed by atoms with Crippen molar-refractivity contribution in [1.82, 2.24) is 15.2 Å². The number of nitrogens with zero attached hydrogens (tertiary/aromatic N) is 2. The van der Waals surface area contributed by atoms with Crippen molar-refractivity contribution >= 4 is 5.78 Å². The summed E-state index contributed by atoms with van der Waals surface area (Å²) in [6, 6.07) is 7.85. The van der Waals surface area contributed by atoms with Gasteiger partial charge in [-0.3, -0.25) is 9.89 Å². The topological polar surface area (TPSA) is 58.6 Å². The monoisotopic (exact) mass is 227 g/mol. The zero-order valence-corrected chi connectivity index (χ0v) is 9.39. The summed E-state index contributed by atoms with van der Waals surface area (Å²) in [5.74, 6) is 0.844. The summed E-state index contributed by atoms with van der Waals surface area (Å²) in [6.45, 7) is 0. The standard InChI is InChI=1S/C13H13N3O/c17-12(13-14-8-15-16-13)11-6-2-5-10(7-11)9-3-1-4-9/h2,5-9H,1,3-4H2,(H,14,15,16). The van der Waals surface area contributed by atoms with Crippen LogP contribution in [-0.2, 0) is 0 Å². The van der Waals surface area contributed by atoms with Gasteiger partial charge in [0.15, 0.2) is 5.82 Å². The molecule has 2 aromatic rings. The van der Waals surface area contributed by atoms with E-state index in [9.17, 15) is 4.79 Å². The van der Waals surface area contributed by atoms with E-state index in [0.717, 1.165) is 0 Å². The molecule has 0 spiro atoms. The van der Waals surface area contributed by atoms with E-state index >= 15 is 0 Å². The summed E-state index contributed by atoms with van der Waals surface area (Å²) in [5.41, 5.74) is 1.95. The van der Waals surface area contributed by atoms with Crippen molar-refractivity contribution in [2.24, 2.45) is 0 Å². The third kappa shape index (κ3) is 1.86. The van der Waals surface area contributed by atoms with Gasteiger partial charge in [0.25, 0.3) is 0 Å². The third-order valence-corrected chi connectivity index (χ3v) is 3.36. The minimum atomic E-state index is -0.0938. The average Bonchev–Trinajstić information content (AvgIpc) is 2.79. The molecule has 1 N–H and O–H groups in total. The van der Waals surface area contributed by atoms with Crippen LogP contribution in [0.3, 0.4) is 0 Å². The van der Waals surface area contributed by atoms with Crippen molar-refractivity contribution in [1.29, 1.82) is 0 Å². The Morgan fingerprint density at radius 2 is 2.24 bits per heavy atom. The van der Waals surface area contributed by atoms with Gasteiger partial charge in [0.05, 0.1) is 0 Å². The van der Waals surface area contributed by atoms with E-state index in [1.807, 2.05) is 18.2 Å². The second-order valence-electron chi connectivity index (χ2n) is 4.42. The molecule has 0 aliphatic heterocycles. The first-order valence-electron chi connectivity index (χ1n) is 5.84. The van der Waals surface area contributed by atoms with E-state index in [1.54, 1.807) is 0 Å². The van der Waals surface area contributed by atoms with Crippen LogP contribution in [0.4, 0.5) is 0 Å². The Hall–Kier alpha value is -1.97. The van der Waals surface area contributed by atoms with Crippen LogP contribution in [0.1, 0.15) is 46.9 Å². The average molecular weight is 227 g/mol. The van der Waals surface area contributed by atoms with Crippen molar-refractivity contribution in [3.63, 3.8) is 0 Å². The molecule has 0 atom stereocenters. The SMILES string of the molecule is O=C(c1cccc(C2CCC2)c1)c1ncn[nH]1. The van der Waals surface area contributed by atoms with Crippen LogP contribution in [0.5, 0.6) is 0 Å². The van der Waals surface area contributed by atoms with Crippen molar-refractivity contribution in [2.75, 3.05) is 0 Å². The van der Waals surface area contributed by atoms with Gasteiger partial charge in [-0.15, -0.1) is 0 Å². The first kappa shape index (κ1) is 10.2. The highest BCUT2D eigenvalue weighted by Gasteiger charge is 2.20. The normalized spacial score (nSPS) is 15.5. The van der Waals surface area contributed by atoms with Crippen LogP contribution in [0, 0.1) is 0 Å². The first-order valence-corrected chi connectivity index (χ1v) is 5.84. The van der Waals surface area contributed by atoms with Crippen LogP contribution in [0.2, 0.25) is 0 Å². The maximum atomic E-state index is 12.1. The van der Waals surface area contributed by atoms with Crippen molar-refractivity contribution in [3.05, 3.63) is 47.5 Å². The zero-order chi connectivity index (χ0) is 11.7. The van der Waals surface area contributed by atoms with Crippen LogP contribution in [0.15, 0.2) is 30.6 Å². The van der Waals surface area contributed by atoms with Gasteiger partial charge < -0.3 is 0 Å². The van der Waals surface area contributed by atoms with Crippen LogP contribution < -0.4 is 0 Å². The number of hydrogen-bond acceptors (Lipinski definition) is 3. The molecule has 1 aromatic carbocycles. The molecule has 1 heterocycles. The van der Waals surface area contributed by atoms with Gasteiger partial charge in [-0.05, 0) is 30.4 Å². The lowest BCUT2D eigenvalue weighted by atomic mass is 9.79. The number of aromatic amines is 1. The molecule has 0 radical (unpaired) electrons. The predicted octanol–water partition coefficient (Wildman–Crippen LogP) is 2.30. The largest absolute Gasteiger partial charge is 0.285 e. The molecule has 17 heavy (non-hydrogen) atoms. The van der Waals surface area contributed by atoms with Crippen molar-refractivity contribution in [3.8, 4) is 0 Å². The molecule has 0 unspecified atom stereocenters. The highest BCUT2D eigenvalue weighted by Crippen LogP contribution is 2.36. The Morgan fingerprint density at radius 1 is 1.35 bits per heavy atom. The maximum Gasteiger partial charge on any atom is 0.229 e. The molecule has 0 saturated heterocycles. The van der Waals surface area contributed by atoms with Gasteiger partial charge in [0, 0.05) is 5.56 Å². The van der Waals surface area contributed by atoms with E-state index in [2.05, 4.69) is 21.2 Å². The molecular formula is C13H13N3O. The van der Waals surface area contributed by atoms with Crippen LogP contribution in [0.25, 0.3) is 0 Å². The van der Waals surface area contributed by atoms with Gasteiger partial charge >= 0.3 is 0 Å². The number of rotatable bonds is 3. The fourth-order valence-electron chi connectivity index (χ4n) is 2.13. The van der Waals surface area contributed by atoms with Gasteiger partial charge in [-0.25, -0.2) is 4.98 Å². The number of ketones is 1. The van der Waals surface area contributed by atoms with E-state index in [4.69, 9.17) is 0 Å². The number of hydrogen-bond donors (Lipinski definition) is 1. The molecular weight excluding hydrogens is 214 g/mol. The fraction of sp³-hybridized carbons (Fsp3) is 0.308. The van der Waals surface area contributed by atoms with E-state index in [0.29, 0.717) is 17.3 Å². The lowest BCUT2D eigenvalue weighted by Crippen LogP contribution is -2.10. The van der Waals surface area contributed by atoms with Gasteiger partial charge in [0.1, 0.15) is 6.33 Å². The highest BCUT2D eigenvalue weighted by atomic mass is 16.1.